The number of carbonyl (C=O) groups excluding carboxylic acids is 1. The summed E-state index contributed by atoms with van der Waals surface area (Å²) in [5.41, 5.74) is 9.26. The number of hydrogen-bond donors (Lipinski definition) is 2. The van der Waals surface area contributed by atoms with Crippen LogP contribution in [0.1, 0.15) is 28.8 Å². The van der Waals surface area contributed by atoms with Crippen LogP contribution < -0.4 is 16.0 Å². The topological polar surface area (TPSA) is 58.4 Å². The van der Waals surface area contributed by atoms with E-state index in [1.807, 2.05) is 37.3 Å². The molecule has 1 heterocycles. The number of para-hydroxylation sites is 1. The molecule has 23 heavy (non-hydrogen) atoms. The maximum atomic E-state index is 12.5. The minimum absolute atomic E-state index is 0.0327. The first-order chi connectivity index (χ1) is 11.1. The largest absolute Gasteiger partial charge is 0.399 e. The van der Waals surface area contributed by atoms with Gasteiger partial charge in [0.15, 0.2) is 0 Å². The zero-order valence-corrected chi connectivity index (χ0v) is 13.5. The fourth-order valence-corrected chi connectivity index (χ4v) is 3.12. The molecule has 1 amide bonds. The highest BCUT2D eigenvalue weighted by Crippen LogP contribution is 2.20. The molecule has 3 rings (SSSR count). The van der Waals surface area contributed by atoms with Crippen molar-refractivity contribution in [1.29, 1.82) is 0 Å². The lowest BCUT2D eigenvalue weighted by Crippen LogP contribution is -2.48. The quantitative estimate of drug-likeness (QED) is 0.857. The van der Waals surface area contributed by atoms with Gasteiger partial charge in [-0.25, -0.2) is 0 Å². The van der Waals surface area contributed by atoms with E-state index in [2.05, 4.69) is 22.3 Å². The van der Waals surface area contributed by atoms with Gasteiger partial charge in [-0.05, 0) is 49.6 Å². The Labute approximate surface area is 137 Å². The Morgan fingerprint density at radius 3 is 2.78 bits per heavy atom. The lowest BCUT2D eigenvalue weighted by molar-refractivity contribution is 0.0932. The summed E-state index contributed by atoms with van der Waals surface area (Å²) in [5.74, 6) is -0.0327. The van der Waals surface area contributed by atoms with Crippen LogP contribution in [0.15, 0.2) is 48.5 Å². The van der Waals surface area contributed by atoms with Crippen LogP contribution in [0.3, 0.4) is 0 Å². The third kappa shape index (κ3) is 3.65. The third-order valence-corrected chi connectivity index (χ3v) is 4.38. The summed E-state index contributed by atoms with van der Waals surface area (Å²) in [6.07, 6.45) is 2.09. The molecule has 2 aromatic carbocycles. The number of rotatable bonds is 3. The summed E-state index contributed by atoms with van der Waals surface area (Å²) in [5, 5.41) is 3.17. The molecular formula is C19H23N3O. The molecule has 1 aliphatic rings. The maximum absolute atomic E-state index is 12.5. The molecule has 1 saturated heterocycles. The van der Waals surface area contributed by atoms with Crippen molar-refractivity contribution in [3.63, 3.8) is 0 Å². The van der Waals surface area contributed by atoms with Crippen LogP contribution in [0.2, 0.25) is 0 Å². The number of anilines is 2. The van der Waals surface area contributed by atoms with Gasteiger partial charge in [-0.2, -0.15) is 0 Å². The number of nitrogen functional groups attached to an aromatic ring is 1. The average Bonchev–Trinajstić information content (AvgIpc) is 2.58. The lowest BCUT2D eigenvalue weighted by atomic mass is 10.0. The number of benzene rings is 2. The monoisotopic (exact) mass is 309 g/mol. The van der Waals surface area contributed by atoms with Gasteiger partial charge in [-0.15, -0.1) is 0 Å². The first-order valence-electron chi connectivity index (χ1n) is 8.10. The van der Waals surface area contributed by atoms with E-state index in [-0.39, 0.29) is 11.9 Å². The van der Waals surface area contributed by atoms with Crippen molar-refractivity contribution in [2.45, 2.75) is 25.8 Å². The van der Waals surface area contributed by atoms with E-state index in [1.165, 1.54) is 5.69 Å². The van der Waals surface area contributed by atoms with Crippen LogP contribution in [0, 0.1) is 6.92 Å². The van der Waals surface area contributed by atoms with Crippen LogP contribution in [0.4, 0.5) is 11.4 Å². The average molecular weight is 309 g/mol. The van der Waals surface area contributed by atoms with E-state index in [0.717, 1.165) is 31.5 Å². The molecule has 120 valence electrons. The molecule has 4 nitrogen and oxygen atoms in total. The molecule has 2 aromatic rings. The molecule has 1 aliphatic heterocycles. The molecule has 0 aliphatic carbocycles. The van der Waals surface area contributed by atoms with Crippen molar-refractivity contribution in [2.24, 2.45) is 0 Å². The number of aryl methyl sites for hydroxylation is 1. The Bertz CT molecular complexity index is 684. The molecule has 0 bridgehead atoms. The number of amides is 1. The number of nitrogens with zero attached hydrogens (tertiary/aromatic N) is 1. The molecule has 1 unspecified atom stereocenters. The standard InChI is InChI=1S/C19H23N3O/c1-14-9-10-15(20)12-18(14)19(23)21-16-6-5-11-22(13-16)17-7-3-2-4-8-17/h2-4,7-10,12,16H,5-6,11,13,20H2,1H3,(H,21,23). The van der Waals surface area contributed by atoms with E-state index in [1.54, 1.807) is 6.07 Å². The van der Waals surface area contributed by atoms with Gasteiger partial charge in [0.2, 0.25) is 0 Å². The molecule has 3 N–H and O–H groups in total. The second-order valence-corrected chi connectivity index (χ2v) is 6.17. The number of nitrogens with one attached hydrogen (secondary N) is 1. The summed E-state index contributed by atoms with van der Waals surface area (Å²) in [6, 6.07) is 16.0. The van der Waals surface area contributed by atoms with Gasteiger partial charge < -0.3 is 16.0 Å². The van der Waals surface area contributed by atoms with Crippen molar-refractivity contribution in [3.8, 4) is 0 Å². The van der Waals surface area contributed by atoms with Crippen LogP contribution >= 0.6 is 0 Å². The predicted molar refractivity (Wildman–Crippen MR) is 94.7 cm³/mol. The minimum atomic E-state index is -0.0327. The highest BCUT2D eigenvalue weighted by Gasteiger charge is 2.22. The molecule has 0 radical (unpaired) electrons. The van der Waals surface area contributed by atoms with E-state index in [4.69, 9.17) is 5.73 Å². The summed E-state index contributed by atoms with van der Waals surface area (Å²) >= 11 is 0. The highest BCUT2D eigenvalue weighted by atomic mass is 16.1. The van der Waals surface area contributed by atoms with Crippen molar-refractivity contribution in [2.75, 3.05) is 23.7 Å². The Morgan fingerprint density at radius 2 is 2.00 bits per heavy atom. The first kappa shape index (κ1) is 15.4. The Morgan fingerprint density at radius 1 is 1.22 bits per heavy atom. The van der Waals surface area contributed by atoms with Gasteiger partial charge in [0.05, 0.1) is 0 Å². The molecule has 1 atom stereocenters. The zero-order valence-electron chi connectivity index (χ0n) is 13.5. The molecular weight excluding hydrogens is 286 g/mol. The minimum Gasteiger partial charge on any atom is -0.399 e. The van der Waals surface area contributed by atoms with Gasteiger partial charge in [0, 0.05) is 36.1 Å². The fourth-order valence-electron chi connectivity index (χ4n) is 3.12. The SMILES string of the molecule is Cc1ccc(N)cc1C(=O)NC1CCCN(c2ccccc2)C1. The molecule has 0 saturated carbocycles. The number of piperidine rings is 1. The van der Waals surface area contributed by atoms with E-state index >= 15 is 0 Å². The van der Waals surface area contributed by atoms with Crippen molar-refractivity contribution >= 4 is 17.3 Å². The summed E-state index contributed by atoms with van der Waals surface area (Å²) in [7, 11) is 0. The van der Waals surface area contributed by atoms with Crippen LogP contribution in [0.25, 0.3) is 0 Å². The van der Waals surface area contributed by atoms with Gasteiger partial charge in [-0.1, -0.05) is 24.3 Å². The van der Waals surface area contributed by atoms with Crippen molar-refractivity contribution in [1.82, 2.24) is 5.32 Å². The van der Waals surface area contributed by atoms with Crippen molar-refractivity contribution in [3.05, 3.63) is 59.7 Å². The molecule has 0 aromatic heterocycles. The smallest absolute Gasteiger partial charge is 0.251 e. The van der Waals surface area contributed by atoms with Crippen LogP contribution in [0.5, 0.6) is 0 Å². The van der Waals surface area contributed by atoms with E-state index in [9.17, 15) is 4.79 Å². The van der Waals surface area contributed by atoms with Gasteiger partial charge >= 0.3 is 0 Å². The van der Waals surface area contributed by atoms with Gasteiger partial charge in [0.1, 0.15) is 0 Å². The summed E-state index contributed by atoms with van der Waals surface area (Å²) < 4.78 is 0. The zero-order chi connectivity index (χ0) is 16.2. The fraction of sp³-hybridized carbons (Fsp3) is 0.316. The van der Waals surface area contributed by atoms with Gasteiger partial charge in [0.25, 0.3) is 5.91 Å². The van der Waals surface area contributed by atoms with E-state index in [0.29, 0.717) is 11.3 Å². The molecule has 0 spiro atoms. The second-order valence-electron chi connectivity index (χ2n) is 6.17. The molecule has 4 heteroatoms. The predicted octanol–water partition coefficient (Wildman–Crippen LogP) is 2.98. The molecule has 1 fully saturated rings. The first-order valence-corrected chi connectivity index (χ1v) is 8.10. The number of carbonyl (C=O) groups is 1. The Kier molecular flexibility index (Phi) is 4.51. The van der Waals surface area contributed by atoms with Crippen LogP contribution in [-0.2, 0) is 0 Å². The number of nitrogens with two attached hydrogens (primary N) is 1. The van der Waals surface area contributed by atoms with Gasteiger partial charge in [-0.3, -0.25) is 4.79 Å². The highest BCUT2D eigenvalue weighted by molar-refractivity contribution is 5.96. The maximum Gasteiger partial charge on any atom is 0.251 e. The summed E-state index contributed by atoms with van der Waals surface area (Å²) in [6.45, 7) is 3.82. The third-order valence-electron chi connectivity index (χ3n) is 4.38. The lowest BCUT2D eigenvalue weighted by Gasteiger charge is -2.34. The van der Waals surface area contributed by atoms with Crippen LogP contribution in [-0.4, -0.2) is 25.0 Å². The normalized spacial score (nSPS) is 17.8. The second kappa shape index (κ2) is 6.73. The van der Waals surface area contributed by atoms with E-state index < -0.39 is 0 Å². The Balaban J connectivity index is 1.68. The van der Waals surface area contributed by atoms with Crippen molar-refractivity contribution < 1.29 is 4.79 Å². The summed E-state index contributed by atoms with van der Waals surface area (Å²) in [4.78, 5) is 14.9. The number of hydrogen-bond acceptors (Lipinski definition) is 3. The Hall–Kier alpha value is -2.49.